The van der Waals surface area contributed by atoms with Gasteiger partial charge in [-0.05, 0) is 50.4 Å². The topological polar surface area (TPSA) is 50.6 Å². The van der Waals surface area contributed by atoms with Crippen molar-refractivity contribution < 1.29 is 9.53 Å². The SMILES string of the molecule is COc1cccc(-n2cc(CN(C)C(=O)C3CC4CCN3CC4)cn2)c1. The highest BCUT2D eigenvalue weighted by molar-refractivity contribution is 5.82. The monoisotopic (exact) mass is 354 g/mol. The quantitative estimate of drug-likeness (QED) is 0.827. The molecular weight excluding hydrogens is 328 g/mol. The second-order valence-electron chi connectivity index (χ2n) is 7.42. The summed E-state index contributed by atoms with van der Waals surface area (Å²) in [6.45, 7) is 2.73. The van der Waals surface area contributed by atoms with Gasteiger partial charge in [0.1, 0.15) is 5.75 Å². The molecule has 3 aliphatic rings. The number of aromatic nitrogens is 2. The molecule has 4 heterocycles. The van der Waals surface area contributed by atoms with Crippen molar-refractivity contribution in [1.29, 1.82) is 0 Å². The highest BCUT2D eigenvalue weighted by Gasteiger charge is 2.38. The van der Waals surface area contributed by atoms with Gasteiger partial charge in [-0.15, -0.1) is 0 Å². The number of carbonyl (C=O) groups is 1. The van der Waals surface area contributed by atoms with Gasteiger partial charge >= 0.3 is 0 Å². The Bertz CT molecular complexity index is 780. The summed E-state index contributed by atoms with van der Waals surface area (Å²) in [4.78, 5) is 17.1. The number of rotatable bonds is 5. The molecule has 2 bridgehead atoms. The Morgan fingerprint density at radius 3 is 2.85 bits per heavy atom. The highest BCUT2D eigenvalue weighted by atomic mass is 16.5. The summed E-state index contributed by atoms with van der Waals surface area (Å²) in [6.07, 6.45) is 7.33. The molecule has 3 fully saturated rings. The maximum Gasteiger partial charge on any atom is 0.239 e. The van der Waals surface area contributed by atoms with Crippen LogP contribution in [0.3, 0.4) is 0 Å². The molecular formula is C20H26N4O2. The molecule has 26 heavy (non-hydrogen) atoms. The molecule has 0 radical (unpaired) electrons. The van der Waals surface area contributed by atoms with Gasteiger partial charge in [-0.25, -0.2) is 4.68 Å². The normalized spacial score (nSPS) is 24.5. The van der Waals surface area contributed by atoms with E-state index in [9.17, 15) is 4.79 Å². The maximum atomic E-state index is 12.9. The van der Waals surface area contributed by atoms with Crippen LogP contribution in [0.15, 0.2) is 36.7 Å². The van der Waals surface area contributed by atoms with E-state index in [1.165, 1.54) is 12.8 Å². The fourth-order valence-corrected chi connectivity index (χ4v) is 4.16. The van der Waals surface area contributed by atoms with Crippen molar-refractivity contribution in [3.63, 3.8) is 0 Å². The van der Waals surface area contributed by atoms with E-state index >= 15 is 0 Å². The predicted molar refractivity (Wildman–Crippen MR) is 99.3 cm³/mol. The second kappa shape index (κ2) is 7.11. The van der Waals surface area contributed by atoms with Crippen molar-refractivity contribution >= 4 is 5.91 Å². The zero-order valence-electron chi connectivity index (χ0n) is 15.5. The van der Waals surface area contributed by atoms with E-state index in [4.69, 9.17) is 4.74 Å². The molecule has 1 aromatic heterocycles. The first kappa shape index (κ1) is 17.1. The lowest BCUT2D eigenvalue weighted by Gasteiger charge is -2.45. The van der Waals surface area contributed by atoms with Gasteiger partial charge in [0.25, 0.3) is 0 Å². The summed E-state index contributed by atoms with van der Waals surface area (Å²) in [5.41, 5.74) is 1.97. The average molecular weight is 354 g/mol. The van der Waals surface area contributed by atoms with E-state index < -0.39 is 0 Å². The molecule has 0 N–H and O–H groups in total. The number of carbonyl (C=O) groups excluding carboxylic acids is 1. The number of amides is 1. The smallest absolute Gasteiger partial charge is 0.239 e. The number of likely N-dealkylation sites (N-methyl/N-ethyl adjacent to an activating group) is 1. The summed E-state index contributed by atoms with van der Waals surface area (Å²) in [6, 6.07) is 7.85. The number of piperidine rings is 3. The van der Waals surface area contributed by atoms with Crippen molar-refractivity contribution in [2.75, 3.05) is 27.2 Å². The molecule has 5 rings (SSSR count). The molecule has 2 aromatic rings. The molecule has 1 amide bonds. The van der Waals surface area contributed by atoms with Crippen LogP contribution in [0.25, 0.3) is 5.69 Å². The second-order valence-corrected chi connectivity index (χ2v) is 7.42. The fourth-order valence-electron chi connectivity index (χ4n) is 4.16. The van der Waals surface area contributed by atoms with E-state index in [2.05, 4.69) is 10.00 Å². The lowest BCUT2D eigenvalue weighted by atomic mass is 9.83. The first-order valence-corrected chi connectivity index (χ1v) is 9.31. The zero-order valence-corrected chi connectivity index (χ0v) is 15.5. The molecule has 3 aliphatic heterocycles. The maximum absolute atomic E-state index is 12.9. The molecule has 6 heteroatoms. The Morgan fingerprint density at radius 1 is 1.35 bits per heavy atom. The number of hydrogen-bond acceptors (Lipinski definition) is 4. The highest BCUT2D eigenvalue weighted by Crippen LogP contribution is 2.32. The number of methoxy groups -OCH3 is 1. The van der Waals surface area contributed by atoms with Gasteiger partial charge in [0, 0.05) is 31.4 Å². The first-order valence-electron chi connectivity index (χ1n) is 9.31. The molecule has 0 spiro atoms. The molecule has 1 unspecified atom stereocenters. The number of hydrogen-bond donors (Lipinski definition) is 0. The standard InChI is InChI=1S/C20H26N4O2/c1-22(20(25)19-10-15-6-8-23(19)9-7-15)13-16-12-21-24(14-16)17-4-3-5-18(11-17)26-2/h3-5,11-12,14-15,19H,6-10,13H2,1-2H3. The van der Waals surface area contributed by atoms with Gasteiger partial charge in [-0.1, -0.05) is 6.07 Å². The van der Waals surface area contributed by atoms with Gasteiger partial charge in [0.2, 0.25) is 5.91 Å². The van der Waals surface area contributed by atoms with E-state index in [0.717, 1.165) is 42.4 Å². The Kier molecular flexibility index (Phi) is 4.68. The van der Waals surface area contributed by atoms with Crippen LogP contribution in [-0.4, -0.2) is 58.8 Å². The minimum Gasteiger partial charge on any atom is -0.497 e. The lowest BCUT2D eigenvalue weighted by Crippen LogP contribution is -2.55. The van der Waals surface area contributed by atoms with E-state index in [1.807, 2.05) is 53.3 Å². The Balaban J connectivity index is 1.42. The van der Waals surface area contributed by atoms with Crippen LogP contribution in [0.1, 0.15) is 24.8 Å². The third-order valence-corrected chi connectivity index (χ3v) is 5.68. The largest absolute Gasteiger partial charge is 0.497 e. The molecule has 0 saturated carbocycles. The lowest BCUT2D eigenvalue weighted by molar-refractivity contribution is -0.140. The van der Waals surface area contributed by atoms with Crippen molar-refractivity contribution in [3.8, 4) is 11.4 Å². The van der Waals surface area contributed by atoms with Crippen LogP contribution in [0.2, 0.25) is 0 Å². The van der Waals surface area contributed by atoms with Crippen LogP contribution in [0.5, 0.6) is 5.75 Å². The summed E-state index contributed by atoms with van der Waals surface area (Å²) in [7, 11) is 3.55. The Morgan fingerprint density at radius 2 is 2.15 bits per heavy atom. The Hall–Kier alpha value is -2.34. The number of ether oxygens (including phenoxy) is 1. The number of benzene rings is 1. The van der Waals surface area contributed by atoms with Gasteiger partial charge < -0.3 is 9.64 Å². The zero-order chi connectivity index (χ0) is 18.1. The van der Waals surface area contributed by atoms with E-state index in [0.29, 0.717) is 6.54 Å². The molecule has 0 aliphatic carbocycles. The summed E-state index contributed by atoms with van der Waals surface area (Å²) in [5.74, 6) is 1.77. The van der Waals surface area contributed by atoms with Crippen LogP contribution >= 0.6 is 0 Å². The third kappa shape index (κ3) is 3.33. The van der Waals surface area contributed by atoms with Gasteiger partial charge in [0.05, 0.1) is 25.0 Å². The van der Waals surface area contributed by atoms with Crippen molar-refractivity contribution in [1.82, 2.24) is 19.6 Å². The van der Waals surface area contributed by atoms with Crippen molar-refractivity contribution in [2.45, 2.75) is 31.8 Å². The predicted octanol–water partition coefficient (Wildman–Crippen LogP) is 2.32. The number of fused-ring (bicyclic) bond motifs is 3. The molecule has 1 atom stereocenters. The summed E-state index contributed by atoms with van der Waals surface area (Å²) >= 11 is 0. The Labute approximate surface area is 154 Å². The van der Waals surface area contributed by atoms with Gasteiger partial charge in [-0.2, -0.15) is 5.10 Å². The van der Waals surface area contributed by atoms with Crippen molar-refractivity contribution in [3.05, 3.63) is 42.2 Å². The summed E-state index contributed by atoms with van der Waals surface area (Å²) < 4.78 is 7.09. The number of nitrogens with zero attached hydrogens (tertiary/aromatic N) is 4. The molecule has 138 valence electrons. The minimum atomic E-state index is 0.0703. The van der Waals surface area contributed by atoms with Crippen molar-refractivity contribution in [2.24, 2.45) is 5.92 Å². The average Bonchev–Trinajstić information content (AvgIpc) is 3.16. The van der Waals surface area contributed by atoms with Crippen LogP contribution in [0.4, 0.5) is 0 Å². The summed E-state index contributed by atoms with van der Waals surface area (Å²) in [5, 5.41) is 4.44. The van der Waals surface area contributed by atoms with Crippen LogP contribution in [0, 0.1) is 5.92 Å². The molecule has 1 aromatic carbocycles. The van der Waals surface area contributed by atoms with E-state index in [1.54, 1.807) is 7.11 Å². The molecule has 3 saturated heterocycles. The fraction of sp³-hybridized carbons (Fsp3) is 0.500. The van der Waals surface area contributed by atoms with Crippen LogP contribution in [-0.2, 0) is 11.3 Å². The van der Waals surface area contributed by atoms with E-state index in [-0.39, 0.29) is 11.9 Å². The molecule has 6 nitrogen and oxygen atoms in total. The van der Waals surface area contributed by atoms with Gasteiger partial charge in [-0.3, -0.25) is 9.69 Å². The first-order chi connectivity index (χ1) is 12.6. The third-order valence-electron chi connectivity index (χ3n) is 5.68. The minimum absolute atomic E-state index is 0.0703. The van der Waals surface area contributed by atoms with Crippen LogP contribution < -0.4 is 4.74 Å². The van der Waals surface area contributed by atoms with Gasteiger partial charge in [0.15, 0.2) is 0 Å².